The van der Waals surface area contributed by atoms with Gasteiger partial charge in [-0.2, -0.15) is 5.10 Å². The van der Waals surface area contributed by atoms with E-state index >= 15 is 0 Å². The maximum absolute atomic E-state index is 12.7. The van der Waals surface area contributed by atoms with E-state index in [1.54, 1.807) is 36.9 Å². The third kappa shape index (κ3) is 5.53. The van der Waals surface area contributed by atoms with Crippen LogP contribution in [0.1, 0.15) is 58.7 Å². The number of ether oxygens (including phenoxy) is 2. The first-order valence-corrected chi connectivity index (χ1v) is 10.1. The van der Waals surface area contributed by atoms with Gasteiger partial charge in [0.05, 0.1) is 11.8 Å². The van der Waals surface area contributed by atoms with E-state index in [1.807, 2.05) is 39.0 Å². The van der Waals surface area contributed by atoms with Gasteiger partial charge < -0.3 is 19.2 Å². The second kappa shape index (κ2) is 9.51. The number of aromatic nitrogens is 2. The molecule has 0 aliphatic heterocycles. The number of amides is 1. The smallest absolute Gasteiger partial charge is 0.361 e. The number of hydrogen-bond donors (Lipinski definition) is 1. The zero-order chi connectivity index (χ0) is 22.5. The summed E-state index contributed by atoms with van der Waals surface area (Å²) < 4.78 is 18.2. The van der Waals surface area contributed by atoms with E-state index in [1.165, 1.54) is 0 Å². The highest BCUT2D eigenvalue weighted by Gasteiger charge is 2.22. The van der Waals surface area contributed by atoms with Crippen molar-refractivity contribution in [1.82, 2.24) is 9.78 Å². The summed E-state index contributed by atoms with van der Waals surface area (Å²) >= 11 is 0. The molecule has 0 unspecified atom stereocenters. The summed E-state index contributed by atoms with van der Waals surface area (Å²) in [5.74, 6) is 0.288. The number of carbonyl (C=O) groups excluding carboxylic acids is 2. The molecule has 8 nitrogen and oxygen atoms in total. The molecule has 2 aromatic heterocycles. The molecule has 8 heteroatoms. The normalized spacial score (nSPS) is 10.9. The molecule has 0 aliphatic rings. The van der Waals surface area contributed by atoms with Gasteiger partial charge in [-0.05, 0) is 63.9 Å². The maximum Gasteiger partial charge on any atom is 0.361 e. The Morgan fingerprint density at radius 2 is 1.97 bits per heavy atom. The van der Waals surface area contributed by atoms with E-state index < -0.39 is 11.9 Å². The van der Waals surface area contributed by atoms with Crippen LogP contribution in [0.15, 0.2) is 40.9 Å². The maximum atomic E-state index is 12.7. The Morgan fingerprint density at radius 1 is 1.19 bits per heavy atom. The largest absolute Gasteiger partial charge is 0.485 e. The first kappa shape index (κ1) is 22.1. The lowest BCUT2D eigenvalue weighted by molar-refractivity contribution is 0.0371. The van der Waals surface area contributed by atoms with Crippen LogP contribution in [0.4, 0.5) is 5.69 Å². The van der Waals surface area contributed by atoms with Gasteiger partial charge in [-0.25, -0.2) is 4.79 Å². The van der Waals surface area contributed by atoms with Crippen LogP contribution in [0.3, 0.4) is 0 Å². The number of nitrogens with zero attached hydrogens (tertiary/aromatic N) is 2. The fourth-order valence-corrected chi connectivity index (χ4v) is 2.87. The van der Waals surface area contributed by atoms with E-state index in [4.69, 9.17) is 13.9 Å². The minimum atomic E-state index is -0.598. The minimum Gasteiger partial charge on any atom is -0.485 e. The molecular formula is C23H27N3O5. The van der Waals surface area contributed by atoms with Gasteiger partial charge in [0, 0.05) is 12.7 Å². The molecule has 1 aromatic carbocycles. The molecule has 0 bridgehead atoms. The van der Waals surface area contributed by atoms with E-state index in [0.717, 1.165) is 16.9 Å². The van der Waals surface area contributed by atoms with Crippen molar-refractivity contribution in [2.75, 3.05) is 5.32 Å². The molecule has 0 aliphatic carbocycles. The number of esters is 1. The van der Waals surface area contributed by atoms with Crippen molar-refractivity contribution in [3.8, 4) is 5.75 Å². The predicted octanol–water partition coefficient (Wildman–Crippen LogP) is 4.51. The molecule has 0 spiro atoms. The molecule has 3 rings (SSSR count). The Bertz CT molecular complexity index is 1080. The second-order valence-corrected chi connectivity index (χ2v) is 7.48. The quantitative estimate of drug-likeness (QED) is 0.534. The van der Waals surface area contributed by atoms with Crippen LogP contribution in [0.25, 0.3) is 0 Å². The number of benzene rings is 1. The molecule has 0 radical (unpaired) electrons. The van der Waals surface area contributed by atoms with Gasteiger partial charge in [0.1, 0.15) is 18.1 Å². The van der Waals surface area contributed by atoms with E-state index in [2.05, 4.69) is 10.4 Å². The molecule has 1 N–H and O–H groups in total. The number of aryl methyl sites for hydroxylation is 3. The number of anilines is 1. The standard InChI is InChI=1S/C23H27N3O5/c1-6-26-12-18(21(25-26)23(28)30-14(2)3)24-22(27)19-10-9-17(31-19)13-29-20-11-15(4)7-8-16(20)5/h7-12,14H,6,13H2,1-5H3,(H,24,27). The molecule has 2 heterocycles. The Labute approximate surface area is 181 Å². The summed E-state index contributed by atoms with van der Waals surface area (Å²) in [4.78, 5) is 25.0. The molecular weight excluding hydrogens is 398 g/mol. The first-order valence-electron chi connectivity index (χ1n) is 10.1. The third-order valence-corrected chi connectivity index (χ3v) is 4.47. The van der Waals surface area contributed by atoms with E-state index in [9.17, 15) is 9.59 Å². The predicted molar refractivity (Wildman–Crippen MR) is 115 cm³/mol. The monoisotopic (exact) mass is 425 g/mol. The van der Waals surface area contributed by atoms with Crippen LogP contribution in [-0.4, -0.2) is 27.8 Å². The number of furan rings is 1. The van der Waals surface area contributed by atoms with Crippen LogP contribution in [0.5, 0.6) is 5.75 Å². The molecule has 164 valence electrons. The topological polar surface area (TPSA) is 95.6 Å². The van der Waals surface area contributed by atoms with Crippen molar-refractivity contribution in [1.29, 1.82) is 0 Å². The van der Waals surface area contributed by atoms with Crippen LogP contribution in [-0.2, 0) is 17.9 Å². The highest BCUT2D eigenvalue weighted by atomic mass is 16.5. The van der Waals surface area contributed by atoms with Gasteiger partial charge in [-0.1, -0.05) is 12.1 Å². The van der Waals surface area contributed by atoms with Crippen molar-refractivity contribution in [2.24, 2.45) is 0 Å². The fraction of sp³-hybridized carbons (Fsp3) is 0.348. The van der Waals surface area contributed by atoms with E-state index in [-0.39, 0.29) is 29.9 Å². The summed E-state index contributed by atoms with van der Waals surface area (Å²) in [5.41, 5.74) is 2.43. The van der Waals surface area contributed by atoms with Crippen LogP contribution in [0.2, 0.25) is 0 Å². The Kier molecular flexibility index (Phi) is 6.79. The summed E-state index contributed by atoms with van der Waals surface area (Å²) in [7, 11) is 0. The summed E-state index contributed by atoms with van der Waals surface area (Å²) in [6.07, 6.45) is 1.29. The van der Waals surface area contributed by atoms with Crippen molar-refractivity contribution in [3.63, 3.8) is 0 Å². The Balaban J connectivity index is 1.69. The van der Waals surface area contributed by atoms with Crippen molar-refractivity contribution < 1.29 is 23.5 Å². The first-order chi connectivity index (χ1) is 14.8. The van der Waals surface area contributed by atoms with Gasteiger partial charge in [0.25, 0.3) is 5.91 Å². The fourth-order valence-electron chi connectivity index (χ4n) is 2.87. The molecule has 0 fully saturated rings. The van der Waals surface area contributed by atoms with Gasteiger partial charge in [-0.3, -0.25) is 9.48 Å². The lowest BCUT2D eigenvalue weighted by atomic mass is 10.1. The molecule has 0 saturated heterocycles. The average molecular weight is 425 g/mol. The number of carbonyl (C=O) groups is 2. The van der Waals surface area contributed by atoms with Gasteiger partial charge in [0.15, 0.2) is 11.5 Å². The number of hydrogen-bond acceptors (Lipinski definition) is 6. The highest BCUT2D eigenvalue weighted by Crippen LogP contribution is 2.22. The lowest BCUT2D eigenvalue weighted by Crippen LogP contribution is -2.17. The second-order valence-electron chi connectivity index (χ2n) is 7.48. The zero-order valence-electron chi connectivity index (χ0n) is 18.4. The summed E-state index contributed by atoms with van der Waals surface area (Å²) in [6, 6.07) is 9.21. The van der Waals surface area contributed by atoms with Crippen molar-refractivity contribution in [3.05, 3.63) is 64.9 Å². The summed E-state index contributed by atoms with van der Waals surface area (Å²) in [5, 5.41) is 6.87. The van der Waals surface area contributed by atoms with Crippen molar-refractivity contribution >= 4 is 17.6 Å². The summed E-state index contributed by atoms with van der Waals surface area (Å²) in [6.45, 7) is 10.1. The van der Waals surface area contributed by atoms with Crippen LogP contribution >= 0.6 is 0 Å². The molecule has 3 aromatic rings. The third-order valence-electron chi connectivity index (χ3n) is 4.47. The Hall–Kier alpha value is -3.55. The average Bonchev–Trinajstić information content (AvgIpc) is 3.35. The number of rotatable bonds is 8. The van der Waals surface area contributed by atoms with Crippen LogP contribution < -0.4 is 10.1 Å². The molecule has 0 atom stereocenters. The highest BCUT2D eigenvalue weighted by molar-refractivity contribution is 6.06. The van der Waals surface area contributed by atoms with Gasteiger partial charge in [0.2, 0.25) is 0 Å². The lowest BCUT2D eigenvalue weighted by Gasteiger charge is -2.08. The minimum absolute atomic E-state index is 0.0499. The van der Waals surface area contributed by atoms with Gasteiger partial charge >= 0.3 is 5.97 Å². The van der Waals surface area contributed by atoms with Crippen molar-refractivity contribution in [2.45, 2.75) is 53.9 Å². The number of nitrogens with one attached hydrogen (secondary N) is 1. The SMILES string of the molecule is CCn1cc(NC(=O)c2ccc(COc3cc(C)ccc3C)o2)c(C(=O)OC(C)C)n1. The van der Waals surface area contributed by atoms with Crippen LogP contribution in [0, 0.1) is 13.8 Å². The molecule has 1 amide bonds. The zero-order valence-corrected chi connectivity index (χ0v) is 18.4. The van der Waals surface area contributed by atoms with E-state index in [0.29, 0.717) is 12.3 Å². The molecule has 0 saturated carbocycles. The Morgan fingerprint density at radius 3 is 2.68 bits per heavy atom. The molecule has 31 heavy (non-hydrogen) atoms. The van der Waals surface area contributed by atoms with Gasteiger partial charge in [-0.15, -0.1) is 0 Å².